The zero-order valence-corrected chi connectivity index (χ0v) is 15.7. The van der Waals surface area contributed by atoms with Gasteiger partial charge in [0.05, 0.1) is 6.20 Å². The van der Waals surface area contributed by atoms with Gasteiger partial charge in [-0.3, -0.25) is 14.8 Å². The third-order valence-corrected chi connectivity index (χ3v) is 5.90. The van der Waals surface area contributed by atoms with Gasteiger partial charge in [0.1, 0.15) is 9.88 Å². The third-order valence-electron chi connectivity index (χ3n) is 4.85. The van der Waals surface area contributed by atoms with Gasteiger partial charge in [0.2, 0.25) is 0 Å². The molecule has 6 nitrogen and oxygen atoms in total. The molecule has 4 rings (SSSR count). The van der Waals surface area contributed by atoms with Gasteiger partial charge in [0, 0.05) is 55.7 Å². The summed E-state index contributed by atoms with van der Waals surface area (Å²) < 4.78 is 0. The van der Waals surface area contributed by atoms with Crippen molar-refractivity contribution in [1.82, 2.24) is 20.3 Å². The van der Waals surface area contributed by atoms with Crippen LogP contribution in [0.1, 0.15) is 22.5 Å². The molecule has 0 unspecified atom stereocenters. The lowest BCUT2D eigenvalue weighted by molar-refractivity contribution is 0.0949. The first-order valence-electron chi connectivity index (χ1n) is 9.09. The van der Waals surface area contributed by atoms with Crippen LogP contribution in [0.15, 0.2) is 55.2 Å². The number of aromatic nitrogens is 3. The van der Waals surface area contributed by atoms with Gasteiger partial charge in [-0.25, -0.2) is 4.98 Å². The van der Waals surface area contributed by atoms with E-state index in [4.69, 9.17) is 0 Å². The summed E-state index contributed by atoms with van der Waals surface area (Å²) >= 11 is 1.41. The molecule has 1 N–H and O–H groups in total. The molecule has 27 heavy (non-hydrogen) atoms. The van der Waals surface area contributed by atoms with Gasteiger partial charge >= 0.3 is 0 Å². The Morgan fingerprint density at radius 3 is 2.44 bits per heavy atom. The lowest BCUT2D eigenvalue weighted by Gasteiger charge is -2.33. The van der Waals surface area contributed by atoms with Crippen LogP contribution in [0.4, 0.5) is 5.69 Å². The smallest absolute Gasteiger partial charge is 0.263 e. The zero-order chi connectivity index (χ0) is 18.5. The molecule has 0 aliphatic carbocycles. The summed E-state index contributed by atoms with van der Waals surface area (Å²) in [5.74, 6) is 0.476. The summed E-state index contributed by atoms with van der Waals surface area (Å²) in [7, 11) is 0. The highest BCUT2D eigenvalue weighted by Gasteiger charge is 2.20. The average molecular weight is 379 g/mol. The number of nitrogens with zero attached hydrogens (tertiary/aromatic N) is 4. The minimum absolute atomic E-state index is 0.0376. The molecule has 7 heteroatoms. The number of anilines is 1. The lowest BCUT2D eigenvalue weighted by atomic mass is 9.96. The van der Waals surface area contributed by atoms with E-state index in [1.54, 1.807) is 18.6 Å². The van der Waals surface area contributed by atoms with Crippen LogP contribution in [0.3, 0.4) is 0 Å². The molecule has 4 heterocycles. The first-order valence-corrected chi connectivity index (χ1v) is 9.90. The summed E-state index contributed by atoms with van der Waals surface area (Å²) in [5, 5.41) is 3.92. The number of carbonyl (C=O) groups is 1. The quantitative estimate of drug-likeness (QED) is 0.737. The van der Waals surface area contributed by atoms with Gasteiger partial charge < -0.3 is 10.2 Å². The highest BCUT2D eigenvalue weighted by Crippen LogP contribution is 2.25. The fourth-order valence-electron chi connectivity index (χ4n) is 3.28. The van der Waals surface area contributed by atoms with Crippen LogP contribution in [0, 0.1) is 5.92 Å². The second-order valence-electron chi connectivity index (χ2n) is 6.61. The van der Waals surface area contributed by atoms with E-state index >= 15 is 0 Å². The van der Waals surface area contributed by atoms with Gasteiger partial charge in [0.25, 0.3) is 5.91 Å². The van der Waals surface area contributed by atoms with Crippen LogP contribution < -0.4 is 10.2 Å². The number of pyridine rings is 2. The number of hydrogen-bond acceptors (Lipinski definition) is 6. The first kappa shape index (κ1) is 17.6. The fourth-order valence-corrected chi connectivity index (χ4v) is 4.12. The Bertz CT molecular complexity index is 876. The molecule has 0 bridgehead atoms. The van der Waals surface area contributed by atoms with Crippen LogP contribution in [-0.2, 0) is 0 Å². The number of hydrogen-bond donors (Lipinski definition) is 1. The standard InChI is InChI=1S/C20H21N5OS/c26-19(18-14-24-20(27-18)16-1-7-21-8-2-16)23-13-15-5-11-25(12-6-15)17-3-9-22-10-4-17/h1-4,7-10,14-15H,5-6,11-13H2,(H,23,26). The van der Waals surface area contributed by atoms with Crippen molar-refractivity contribution in [3.63, 3.8) is 0 Å². The average Bonchev–Trinajstić information content (AvgIpc) is 3.24. The van der Waals surface area contributed by atoms with Crippen molar-refractivity contribution in [2.45, 2.75) is 12.8 Å². The van der Waals surface area contributed by atoms with E-state index in [0.717, 1.165) is 36.5 Å². The highest BCUT2D eigenvalue weighted by atomic mass is 32.1. The SMILES string of the molecule is O=C(NCC1CCN(c2ccncc2)CC1)c1cnc(-c2ccncc2)s1. The van der Waals surface area contributed by atoms with E-state index in [2.05, 4.69) is 25.2 Å². The molecule has 0 spiro atoms. The zero-order valence-electron chi connectivity index (χ0n) is 14.9. The van der Waals surface area contributed by atoms with Crippen LogP contribution in [-0.4, -0.2) is 40.5 Å². The first-order chi connectivity index (χ1) is 13.3. The molecule has 1 saturated heterocycles. The summed E-state index contributed by atoms with van der Waals surface area (Å²) in [6, 6.07) is 7.90. The van der Waals surface area contributed by atoms with Gasteiger partial charge in [0.15, 0.2) is 0 Å². The van der Waals surface area contributed by atoms with Crippen molar-refractivity contribution in [3.05, 3.63) is 60.1 Å². The van der Waals surface area contributed by atoms with Crippen molar-refractivity contribution in [1.29, 1.82) is 0 Å². The second kappa shape index (κ2) is 8.26. The van der Waals surface area contributed by atoms with Crippen LogP contribution in [0.5, 0.6) is 0 Å². The number of carbonyl (C=O) groups excluding carboxylic acids is 1. The molecular weight excluding hydrogens is 358 g/mol. The molecule has 1 amide bonds. The molecule has 0 saturated carbocycles. The summed E-state index contributed by atoms with van der Waals surface area (Å²) in [6.07, 6.45) is 10.9. The van der Waals surface area contributed by atoms with Crippen molar-refractivity contribution in [3.8, 4) is 10.6 Å². The molecule has 0 atom stereocenters. The minimum Gasteiger partial charge on any atom is -0.371 e. The van der Waals surface area contributed by atoms with Crippen molar-refractivity contribution in [2.75, 3.05) is 24.5 Å². The van der Waals surface area contributed by atoms with Gasteiger partial charge in [-0.1, -0.05) is 0 Å². The predicted octanol–water partition coefficient (Wildman–Crippen LogP) is 3.25. The number of thiazole rings is 1. The number of rotatable bonds is 5. The topological polar surface area (TPSA) is 71.0 Å². The van der Waals surface area contributed by atoms with E-state index in [0.29, 0.717) is 17.3 Å². The van der Waals surface area contributed by atoms with Gasteiger partial charge in [-0.05, 0) is 43.0 Å². The molecule has 0 aromatic carbocycles. The minimum atomic E-state index is -0.0376. The normalized spacial score (nSPS) is 14.9. The van der Waals surface area contributed by atoms with E-state index in [1.165, 1.54) is 17.0 Å². The molecule has 1 fully saturated rings. The van der Waals surface area contributed by atoms with E-state index in [9.17, 15) is 4.79 Å². The van der Waals surface area contributed by atoms with E-state index in [-0.39, 0.29) is 5.91 Å². The second-order valence-corrected chi connectivity index (χ2v) is 7.64. The summed E-state index contributed by atoms with van der Waals surface area (Å²) in [6.45, 7) is 2.74. The molecule has 0 radical (unpaired) electrons. The van der Waals surface area contributed by atoms with Crippen molar-refractivity contribution in [2.24, 2.45) is 5.92 Å². The molecule has 3 aromatic rings. The lowest BCUT2D eigenvalue weighted by Crippen LogP contribution is -2.38. The molecule has 138 valence electrons. The maximum atomic E-state index is 12.4. The molecular formula is C20H21N5OS. The number of amides is 1. The van der Waals surface area contributed by atoms with E-state index in [1.807, 2.05) is 36.7 Å². The van der Waals surface area contributed by atoms with Gasteiger partial charge in [-0.2, -0.15) is 0 Å². The Hall–Kier alpha value is -2.80. The van der Waals surface area contributed by atoms with Crippen molar-refractivity contribution >= 4 is 22.9 Å². The molecule has 1 aliphatic rings. The van der Waals surface area contributed by atoms with Crippen LogP contribution in [0.25, 0.3) is 10.6 Å². The number of nitrogens with one attached hydrogen (secondary N) is 1. The molecule has 3 aromatic heterocycles. The Morgan fingerprint density at radius 2 is 1.74 bits per heavy atom. The van der Waals surface area contributed by atoms with Gasteiger partial charge in [-0.15, -0.1) is 11.3 Å². The Kier molecular flexibility index (Phi) is 5.39. The van der Waals surface area contributed by atoms with Crippen molar-refractivity contribution < 1.29 is 4.79 Å². The van der Waals surface area contributed by atoms with E-state index < -0.39 is 0 Å². The maximum absolute atomic E-state index is 12.4. The Balaban J connectivity index is 1.27. The highest BCUT2D eigenvalue weighted by molar-refractivity contribution is 7.16. The summed E-state index contributed by atoms with van der Waals surface area (Å²) in [5.41, 5.74) is 2.21. The third kappa shape index (κ3) is 4.31. The largest absolute Gasteiger partial charge is 0.371 e. The maximum Gasteiger partial charge on any atom is 0.263 e. The number of piperidine rings is 1. The summed E-state index contributed by atoms with van der Waals surface area (Å²) in [4.78, 5) is 27.9. The van der Waals surface area contributed by atoms with Crippen LogP contribution in [0.2, 0.25) is 0 Å². The monoisotopic (exact) mass is 379 g/mol. The fraction of sp³-hybridized carbons (Fsp3) is 0.300. The molecule has 1 aliphatic heterocycles. The van der Waals surface area contributed by atoms with Crippen LogP contribution >= 0.6 is 11.3 Å². The Labute approximate surface area is 162 Å². The Morgan fingerprint density at radius 1 is 1.07 bits per heavy atom. The predicted molar refractivity (Wildman–Crippen MR) is 107 cm³/mol.